The number of nitrogens with one attached hydrogen (secondary N) is 2. The van der Waals surface area contributed by atoms with Gasteiger partial charge in [-0.15, -0.1) is 0 Å². The summed E-state index contributed by atoms with van der Waals surface area (Å²) >= 11 is 0. The van der Waals surface area contributed by atoms with Crippen LogP contribution in [0.25, 0.3) is 16.7 Å². The number of aryl methyl sites for hydroxylation is 1. The molecule has 0 saturated carbocycles. The highest BCUT2D eigenvalue weighted by molar-refractivity contribution is 6.13. The summed E-state index contributed by atoms with van der Waals surface area (Å²) < 4.78 is 38.8. The highest BCUT2D eigenvalue weighted by Crippen LogP contribution is 2.36. The van der Waals surface area contributed by atoms with Crippen molar-refractivity contribution in [1.29, 1.82) is 0 Å². The van der Waals surface area contributed by atoms with Gasteiger partial charge >= 0.3 is 6.18 Å². The number of halogens is 3. The summed E-state index contributed by atoms with van der Waals surface area (Å²) in [7, 11) is 3.41. The van der Waals surface area contributed by atoms with Crippen LogP contribution in [0, 0.1) is 0 Å². The zero-order valence-corrected chi connectivity index (χ0v) is 21.4. The Hall–Kier alpha value is -3.07. The maximum Gasteiger partial charge on any atom is 0.395 e. The fraction of sp³-hybridized carbons (Fsp3) is 0.462. The maximum absolute atomic E-state index is 12.9. The Balaban J connectivity index is 0.000000331. The predicted molar refractivity (Wildman–Crippen MR) is 139 cm³/mol. The van der Waals surface area contributed by atoms with E-state index < -0.39 is 12.1 Å². The molecule has 9 heteroatoms. The molecule has 2 N–H and O–H groups in total. The number of aliphatic imine (C=N–C) groups is 1. The van der Waals surface area contributed by atoms with Crippen LogP contribution < -0.4 is 5.32 Å². The molecule has 0 radical (unpaired) electrons. The van der Waals surface area contributed by atoms with Crippen LogP contribution in [0.1, 0.15) is 63.3 Å². The second-order valence-corrected chi connectivity index (χ2v) is 7.41. The van der Waals surface area contributed by atoms with E-state index in [1.54, 1.807) is 38.8 Å². The zero-order valence-electron chi connectivity index (χ0n) is 21.4. The monoisotopic (exact) mass is 490 g/mol. The van der Waals surface area contributed by atoms with E-state index in [0.717, 1.165) is 40.8 Å². The Labute approximate surface area is 206 Å². The van der Waals surface area contributed by atoms with E-state index in [1.165, 1.54) is 6.20 Å². The molecule has 0 aliphatic rings. The molecule has 0 amide bonds. The molecule has 0 bridgehead atoms. The summed E-state index contributed by atoms with van der Waals surface area (Å²) in [6.07, 6.45) is 6.17. The van der Waals surface area contributed by atoms with Crippen LogP contribution in [-0.2, 0) is 6.42 Å². The van der Waals surface area contributed by atoms with Gasteiger partial charge in [-0.2, -0.15) is 13.2 Å². The minimum Gasteiger partial charge on any atom is -0.343 e. The first-order valence-corrected chi connectivity index (χ1v) is 11.9. The van der Waals surface area contributed by atoms with Crippen molar-refractivity contribution in [2.24, 2.45) is 4.99 Å². The summed E-state index contributed by atoms with van der Waals surface area (Å²) in [5.74, 6) is -1.44. The first-order valence-electron chi connectivity index (χ1n) is 11.9. The van der Waals surface area contributed by atoms with Crippen LogP contribution in [0.4, 0.5) is 13.2 Å². The van der Waals surface area contributed by atoms with Gasteiger partial charge in [-0.25, -0.2) is 9.97 Å². The van der Waals surface area contributed by atoms with E-state index in [2.05, 4.69) is 30.2 Å². The SMILES string of the molecule is C/C=C(\C=NC)c1ccnc2nc[nH]c12.CC.CCCc1ccc(C(CCNC)C(F)(F)F)cn1. The Bertz CT molecular complexity index is 1040. The minimum atomic E-state index is -4.22. The number of aromatic nitrogens is 4. The third-order valence-electron chi connectivity index (χ3n) is 5.05. The van der Waals surface area contributed by atoms with Crippen molar-refractivity contribution in [2.75, 3.05) is 20.6 Å². The van der Waals surface area contributed by atoms with Crippen molar-refractivity contribution in [3.05, 3.63) is 59.8 Å². The molecule has 192 valence electrons. The third-order valence-corrected chi connectivity index (χ3v) is 5.05. The van der Waals surface area contributed by atoms with E-state index >= 15 is 0 Å². The van der Waals surface area contributed by atoms with Gasteiger partial charge in [0, 0.05) is 36.9 Å². The topological polar surface area (TPSA) is 78.8 Å². The lowest BCUT2D eigenvalue weighted by molar-refractivity contribution is -0.151. The average Bonchev–Trinajstić information content (AvgIpc) is 3.34. The number of imidazole rings is 1. The van der Waals surface area contributed by atoms with Crippen molar-refractivity contribution >= 4 is 23.0 Å². The normalized spacial score (nSPS) is 12.7. The van der Waals surface area contributed by atoms with Gasteiger partial charge in [0.25, 0.3) is 0 Å². The van der Waals surface area contributed by atoms with Gasteiger partial charge in [0.1, 0.15) is 0 Å². The van der Waals surface area contributed by atoms with Gasteiger partial charge < -0.3 is 10.3 Å². The molecule has 0 saturated heterocycles. The van der Waals surface area contributed by atoms with Crippen molar-refractivity contribution < 1.29 is 13.2 Å². The number of hydrogen-bond donors (Lipinski definition) is 2. The van der Waals surface area contributed by atoms with Crippen LogP contribution in [0.5, 0.6) is 0 Å². The molecule has 1 atom stereocenters. The summed E-state index contributed by atoms with van der Waals surface area (Å²) in [4.78, 5) is 19.5. The molecule has 3 heterocycles. The van der Waals surface area contributed by atoms with Crippen LogP contribution in [0.2, 0.25) is 0 Å². The summed E-state index contributed by atoms with van der Waals surface area (Å²) in [6.45, 7) is 8.33. The average molecular weight is 491 g/mol. The van der Waals surface area contributed by atoms with Gasteiger partial charge in [-0.3, -0.25) is 9.98 Å². The molecule has 3 rings (SSSR count). The Morgan fingerprint density at radius 2 is 1.91 bits per heavy atom. The lowest BCUT2D eigenvalue weighted by Crippen LogP contribution is -2.24. The highest BCUT2D eigenvalue weighted by atomic mass is 19.4. The second-order valence-electron chi connectivity index (χ2n) is 7.41. The van der Waals surface area contributed by atoms with E-state index in [4.69, 9.17) is 0 Å². The highest BCUT2D eigenvalue weighted by Gasteiger charge is 2.40. The standard InChI is InChI=1S/C13H19F3N2.C11H12N4.C2H6/c1-3-4-11-6-5-10(9-18-11)12(7-8-17-2)13(14,15)16;1-3-8(6-12-2)9-4-5-13-11-10(9)14-7-15-11;1-2/h5-6,9,12,17H,3-4,7-8H2,1-2H3;3-7H,1-2H3,(H,13,14,15);1-2H3/b;8-3+,12-6?;. The Morgan fingerprint density at radius 3 is 2.46 bits per heavy atom. The zero-order chi connectivity index (χ0) is 26.3. The van der Waals surface area contributed by atoms with Crippen LogP contribution >= 0.6 is 0 Å². The number of rotatable bonds is 8. The molecule has 0 fully saturated rings. The fourth-order valence-corrected chi connectivity index (χ4v) is 3.38. The van der Waals surface area contributed by atoms with E-state index in [9.17, 15) is 13.2 Å². The van der Waals surface area contributed by atoms with E-state index in [0.29, 0.717) is 6.54 Å². The minimum absolute atomic E-state index is 0.0365. The van der Waals surface area contributed by atoms with Gasteiger partial charge in [0.2, 0.25) is 0 Å². The Kier molecular flexibility index (Phi) is 13.5. The molecule has 3 aromatic heterocycles. The summed E-state index contributed by atoms with van der Waals surface area (Å²) in [5, 5.41) is 2.75. The molecule has 0 aromatic carbocycles. The number of allylic oxidation sites excluding steroid dienone is 2. The summed E-state index contributed by atoms with van der Waals surface area (Å²) in [6, 6.07) is 5.19. The fourth-order valence-electron chi connectivity index (χ4n) is 3.38. The van der Waals surface area contributed by atoms with Crippen molar-refractivity contribution in [3.8, 4) is 0 Å². The number of fused-ring (bicyclic) bond motifs is 1. The largest absolute Gasteiger partial charge is 0.395 e. The summed E-state index contributed by atoms with van der Waals surface area (Å²) in [5.41, 5.74) is 4.91. The second kappa shape index (κ2) is 15.8. The quantitative estimate of drug-likeness (QED) is 0.359. The number of pyridine rings is 2. The number of hydrogen-bond acceptors (Lipinski definition) is 5. The van der Waals surface area contributed by atoms with Crippen molar-refractivity contribution in [1.82, 2.24) is 25.3 Å². The molecule has 35 heavy (non-hydrogen) atoms. The molecule has 6 nitrogen and oxygen atoms in total. The van der Waals surface area contributed by atoms with Crippen molar-refractivity contribution in [2.45, 2.75) is 59.1 Å². The number of alkyl halides is 3. The number of aromatic amines is 1. The Morgan fingerprint density at radius 1 is 1.17 bits per heavy atom. The molecule has 0 spiro atoms. The predicted octanol–water partition coefficient (Wildman–Crippen LogP) is 6.38. The molecule has 0 aliphatic heterocycles. The smallest absolute Gasteiger partial charge is 0.343 e. The third kappa shape index (κ3) is 9.24. The molecular formula is C26H37F3N6. The first-order chi connectivity index (χ1) is 16.8. The van der Waals surface area contributed by atoms with Crippen LogP contribution in [0.3, 0.4) is 0 Å². The van der Waals surface area contributed by atoms with Crippen molar-refractivity contribution in [3.63, 3.8) is 0 Å². The van der Waals surface area contributed by atoms with Gasteiger partial charge in [-0.1, -0.05) is 39.3 Å². The molecule has 0 aliphatic carbocycles. The van der Waals surface area contributed by atoms with Crippen LogP contribution in [-0.4, -0.2) is 53.0 Å². The lowest BCUT2D eigenvalue weighted by atomic mass is 9.96. The van der Waals surface area contributed by atoms with Gasteiger partial charge in [0.15, 0.2) is 5.65 Å². The van der Waals surface area contributed by atoms with E-state index in [-0.39, 0.29) is 12.0 Å². The first kappa shape index (κ1) is 30.0. The van der Waals surface area contributed by atoms with Crippen LogP contribution in [0.15, 0.2) is 48.0 Å². The maximum atomic E-state index is 12.9. The number of H-pyrrole nitrogens is 1. The molecule has 3 aromatic rings. The van der Waals surface area contributed by atoms with Gasteiger partial charge in [0.05, 0.1) is 17.8 Å². The lowest BCUT2D eigenvalue weighted by Gasteiger charge is -2.20. The van der Waals surface area contributed by atoms with E-state index in [1.807, 2.05) is 46.1 Å². The van der Waals surface area contributed by atoms with Gasteiger partial charge in [-0.05, 0) is 56.6 Å². The number of nitrogens with zero attached hydrogens (tertiary/aromatic N) is 4. The molecular weight excluding hydrogens is 453 g/mol. The molecule has 1 unspecified atom stereocenters.